The molecule has 11 heteroatoms. The lowest BCUT2D eigenvalue weighted by Crippen LogP contribution is -2.32. The van der Waals surface area contributed by atoms with Gasteiger partial charge in [-0.1, -0.05) is 0 Å². The molecular weight excluding hydrogens is 280 g/mol. The molecule has 0 aromatic carbocycles. The number of hydrogen-bond donors (Lipinski definition) is 1. The van der Waals surface area contributed by atoms with E-state index in [1.54, 1.807) is 0 Å². The highest BCUT2D eigenvalue weighted by Crippen LogP contribution is 2.16. The van der Waals surface area contributed by atoms with Crippen LogP contribution in [-0.4, -0.2) is 47.7 Å². The number of hydrogen-bond acceptors (Lipinski definition) is 8. The zero-order valence-corrected chi connectivity index (χ0v) is 11.0. The molecule has 0 spiro atoms. The van der Waals surface area contributed by atoms with Crippen LogP contribution in [0.2, 0.25) is 0 Å². The molecule has 0 aliphatic rings. The molecule has 0 aromatic heterocycles. The van der Waals surface area contributed by atoms with Crippen LogP contribution in [0.4, 0.5) is 0 Å². The number of carboxylic acid groups (broad SMARTS) is 1. The standard InChI is InChI=1S/C9H16N2O9/c1-9(2,8(12)13)6-18-3-7(4-19-10(14)15)5-20-11(16)17/h7H,3-6H2,1-2H3,(H,12,13). The molecular formula is C9H16N2O9. The zero-order chi connectivity index (χ0) is 15.8. The van der Waals surface area contributed by atoms with Crippen LogP contribution in [0.3, 0.4) is 0 Å². The Kier molecular flexibility index (Phi) is 7.21. The summed E-state index contributed by atoms with van der Waals surface area (Å²) in [6, 6.07) is 0. The lowest BCUT2D eigenvalue weighted by atomic mass is 9.95. The third-order valence-corrected chi connectivity index (χ3v) is 2.23. The lowest BCUT2D eigenvalue weighted by Gasteiger charge is -2.21. The van der Waals surface area contributed by atoms with Gasteiger partial charge >= 0.3 is 5.97 Å². The maximum atomic E-state index is 10.8. The molecule has 0 atom stereocenters. The van der Waals surface area contributed by atoms with Crippen molar-refractivity contribution in [1.29, 1.82) is 0 Å². The van der Waals surface area contributed by atoms with Crippen LogP contribution in [0, 0.1) is 31.6 Å². The summed E-state index contributed by atoms with van der Waals surface area (Å²) in [5.41, 5.74) is -1.14. The summed E-state index contributed by atoms with van der Waals surface area (Å²) < 4.78 is 5.10. The molecule has 0 aliphatic carbocycles. The minimum absolute atomic E-state index is 0.157. The normalized spacial score (nSPS) is 11.2. The Labute approximate surface area is 113 Å². The van der Waals surface area contributed by atoms with E-state index in [-0.39, 0.29) is 13.2 Å². The van der Waals surface area contributed by atoms with E-state index in [9.17, 15) is 25.0 Å². The lowest BCUT2D eigenvalue weighted by molar-refractivity contribution is -0.768. The van der Waals surface area contributed by atoms with E-state index in [1.807, 2.05) is 0 Å². The van der Waals surface area contributed by atoms with Crippen molar-refractivity contribution in [2.24, 2.45) is 11.3 Å². The van der Waals surface area contributed by atoms with Gasteiger partial charge in [-0.15, -0.1) is 20.2 Å². The minimum Gasteiger partial charge on any atom is -0.481 e. The average molecular weight is 296 g/mol. The molecule has 0 unspecified atom stereocenters. The van der Waals surface area contributed by atoms with E-state index in [0.717, 1.165) is 0 Å². The van der Waals surface area contributed by atoms with Crippen LogP contribution in [0.1, 0.15) is 13.8 Å². The fourth-order valence-corrected chi connectivity index (χ4v) is 1.02. The molecule has 0 aromatic rings. The van der Waals surface area contributed by atoms with E-state index in [1.165, 1.54) is 13.8 Å². The second-order valence-corrected chi connectivity index (χ2v) is 4.61. The number of rotatable bonds is 11. The predicted octanol–water partition coefficient (Wildman–Crippen LogP) is 0.147. The number of carbonyl (C=O) groups is 1. The van der Waals surface area contributed by atoms with Gasteiger partial charge in [-0.3, -0.25) is 4.79 Å². The summed E-state index contributed by atoms with van der Waals surface area (Å²) in [5, 5.41) is 26.9. The summed E-state index contributed by atoms with van der Waals surface area (Å²) in [7, 11) is 0. The molecule has 0 radical (unpaired) electrons. The summed E-state index contributed by atoms with van der Waals surface area (Å²) in [6.45, 7) is 1.65. The second kappa shape index (κ2) is 8.09. The van der Waals surface area contributed by atoms with E-state index in [4.69, 9.17) is 9.84 Å². The van der Waals surface area contributed by atoms with Crippen LogP contribution in [0.15, 0.2) is 0 Å². The maximum absolute atomic E-state index is 10.8. The highest BCUT2D eigenvalue weighted by molar-refractivity contribution is 5.73. The molecule has 0 saturated carbocycles. The smallest absolute Gasteiger partial charge is 0.311 e. The van der Waals surface area contributed by atoms with E-state index in [0.29, 0.717) is 0 Å². The number of nitrogens with zero attached hydrogens (tertiary/aromatic N) is 2. The van der Waals surface area contributed by atoms with Crippen LogP contribution in [-0.2, 0) is 19.2 Å². The van der Waals surface area contributed by atoms with Crippen molar-refractivity contribution in [3.8, 4) is 0 Å². The largest absolute Gasteiger partial charge is 0.481 e. The first-order valence-electron chi connectivity index (χ1n) is 5.51. The van der Waals surface area contributed by atoms with Gasteiger partial charge in [-0.25, -0.2) is 0 Å². The first-order valence-corrected chi connectivity index (χ1v) is 5.51. The Morgan fingerprint density at radius 2 is 1.60 bits per heavy atom. The van der Waals surface area contributed by atoms with Gasteiger partial charge < -0.3 is 19.5 Å². The summed E-state index contributed by atoms with van der Waals surface area (Å²) >= 11 is 0. The van der Waals surface area contributed by atoms with Crippen molar-refractivity contribution in [2.45, 2.75) is 13.8 Å². The summed E-state index contributed by atoms with van der Waals surface area (Å²) in [4.78, 5) is 39.1. The third-order valence-electron chi connectivity index (χ3n) is 2.23. The monoisotopic (exact) mass is 296 g/mol. The average Bonchev–Trinajstić information content (AvgIpc) is 2.31. The molecule has 0 aliphatic heterocycles. The van der Waals surface area contributed by atoms with Crippen LogP contribution in [0.5, 0.6) is 0 Å². The SMILES string of the molecule is CC(C)(COCC(CO[N+](=O)[O-])CO[N+](=O)[O-])C(=O)O. The van der Waals surface area contributed by atoms with Crippen molar-refractivity contribution < 1.29 is 34.5 Å². The number of ether oxygens (including phenoxy) is 1. The fourth-order valence-electron chi connectivity index (χ4n) is 1.02. The van der Waals surface area contributed by atoms with Crippen LogP contribution >= 0.6 is 0 Å². The zero-order valence-electron chi connectivity index (χ0n) is 11.0. The van der Waals surface area contributed by atoms with Gasteiger partial charge in [0.05, 0.1) is 18.6 Å². The Morgan fingerprint density at radius 3 is 1.95 bits per heavy atom. The highest BCUT2D eigenvalue weighted by atomic mass is 17.0. The topological polar surface area (TPSA) is 151 Å². The number of aliphatic carboxylic acids is 1. The van der Waals surface area contributed by atoms with Crippen molar-refractivity contribution in [3.05, 3.63) is 20.2 Å². The Morgan fingerprint density at radius 1 is 1.15 bits per heavy atom. The fraction of sp³-hybridized carbons (Fsp3) is 0.889. The molecule has 0 rings (SSSR count). The quantitative estimate of drug-likeness (QED) is 0.414. The molecule has 0 bridgehead atoms. The summed E-state index contributed by atoms with van der Waals surface area (Å²) in [6.07, 6.45) is 0. The van der Waals surface area contributed by atoms with Gasteiger partial charge in [0.25, 0.3) is 10.2 Å². The highest BCUT2D eigenvalue weighted by Gasteiger charge is 2.28. The molecule has 1 N–H and O–H groups in total. The molecule has 11 nitrogen and oxygen atoms in total. The van der Waals surface area contributed by atoms with Crippen molar-refractivity contribution >= 4 is 5.97 Å². The minimum atomic E-state index is -1.14. The van der Waals surface area contributed by atoms with Crippen molar-refractivity contribution in [3.63, 3.8) is 0 Å². The molecule has 0 amide bonds. The van der Waals surface area contributed by atoms with Gasteiger partial charge in [-0.2, -0.15) is 0 Å². The third kappa shape index (κ3) is 8.02. The molecule has 116 valence electrons. The molecule has 20 heavy (non-hydrogen) atoms. The Balaban J connectivity index is 4.23. The first-order chi connectivity index (χ1) is 9.15. The van der Waals surface area contributed by atoms with E-state index < -0.39 is 40.7 Å². The van der Waals surface area contributed by atoms with Gasteiger partial charge in [0.1, 0.15) is 13.2 Å². The van der Waals surface area contributed by atoms with Gasteiger partial charge in [-0.05, 0) is 13.8 Å². The van der Waals surface area contributed by atoms with Gasteiger partial charge in [0.2, 0.25) is 0 Å². The number of carboxylic acids is 1. The molecule has 0 saturated heterocycles. The predicted molar refractivity (Wildman–Crippen MR) is 61.6 cm³/mol. The van der Waals surface area contributed by atoms with Gasteiger partial charge in [0.15, 0.2) is 0 Å². The summed E-state index contributed by atoms with van der Waals surface area (Å²) in [5.74, 6) is -1.84. The van der Waals surface area contributed by atoms with Gasteiger partial charge in [0, 0.05) is 5.92 Å². The van der Waals surface area contributed by atoms with Crippen molar-refractivity contribution in [2.75, 3.05) is 26.4 Å². The van der Waals surface area contributed by atoms with Crippen LogP contribution < -0.4 is 0 Å². The Bertz CT molecular complexity index is 339. The maximum Gasteiger partial charge on any atom is 0.311 e. The molecule has 0 fully saturated rings. The second-order valence-electron chi connectivity index (χ2n) is 4.61. The first kappa shape index (κ1) is 17.8. The van der Waals surface area contributed by atoms with E-state index in [2.05, 4.69) is 9.68 Å². The van der Waals surface area contributed by atoms with Crippen LogP contribution in [0.25, 0.3) is 0 Å². The van der Waals surface area contributed by atoms with Crippen molar-refractivity contribution in [1.82, 2.24) is 0 Å². The molecule has 0 heterocycles. The Hall–Kier alpha value is -2.17. The van der Waals surface area contributed by atoms with E-state index >= 15 is 0 Å².